The van der Waals surface area contributed by atoms with Gasteiger partial charge in [-0.3, -0.25) is 4.79 Å². The van der Waals surface area contributed by atoms with Gasteiger partial charge < -0.3 is 5.32 Å². The minimum atomic E-state index is -0.380. The van der Waals surface area contributed by atoms with Crippen LogP contribution in [0, 0.1) is 6.92 Å². The van der Waals surface area contributed by atoms with E-state index in [-0.39, 0.29) is 10.6 Å². The molecule has 0 saturated heterocycles. The zero-order valence-corrected chi connectivity index (χ0v) is 15.1. The van der Waals surface area contributed by atoms with Crippen LogP contribution in [0.1, 0.15) is 9.88 Å². The molecule has 2 aromatic heterocycles. The fraction of sp³-hybridized carbons (Fsp3) is 0.188. The van der Waals surface area contributed by atoms with Gasteiger partial charge in [-0.1, -0.05) is 23.2 Å². The van der Waals surface area contributed by atoms with Crippen LogP contribution in [-0.4, -0.2) is 21.3 Å². The number of anilines is 1. The number of aryl methyl sites for hydroxylation is 1. The van der Waals surface area contributed by atoms with E-state index in [4.69, 9.17) is 23.2 Å². The lowest BCUT2D eigenvalue weighted by Gasteiger charge is -2.10. The molecule has 5 nitrogen and oxygen atoms in total. The molecular formula is C16H14Cl2N4OS. The van der Waals surface area contributed by atoms with Crippen molar-refractivity contribution in [3.63, 3.8) is 0 Å². The molecule has 124 valence electrons. The van der Waals surface area contributed by atoms with E-state index in [0.29, 0.717) is 22.9 Å². The Labute approximate surface area is 152 Å². The first kappa shape index (κ1) is 17.0. The van der Waals surface area contributed by atoms with Crippen molar-refractivity contribution in [1.29, 1.82) is 0 Å². The molecule has 1 N–H and O–H groups in total. The van der Waals surface area contributed by atoms with E-state index in [0.717, 1.165) is 11.4 Å². The van der Waals surface area contributed by atoms with E-state index in [1.165, 1.54) is 9.56 Å². The fourth-order valence-electron chi connectivity index (χ4n) is 2.14. The molecule has 1 aromatic carbocycles. The average Bonchev–Trinajstić information content (AvgIpc) is 2.98. The van der Waals surface area contributed by atoms with Gasteiger partial charge in [0.25, 0.3) is 5.56 Å². The van der Waals surface area contributed by atoms with Crippen molar-refractivity contribution >= 4 is 40.2 Å². The normalized spacial score (nSPS) is 10.8. The molecule has 0 aliphatic carbocycles. The molecule has 2 heterocycles. The Morgan fingerprint density at radius 1 is 1.21 bits per heavy atom. The van der Waals surface area contributed by atoms with Gasteiger partial charge in [-0.05, 0) is 31.2 Å². The van der Waals surface area contributed by atoms with Crippen LogP contribution >= 0.6 is 34.5 Å². The van der Waals surface area contributed by atoms with Crippen molar-refractivity contribution in [2.24, 2.45) is 0 Å². The van der Waals surface area contributed by atoms with Crippen molar-refractivity contribution in [3.8, 4) is 5.69 Å². The van der Waals surface area contributed by atoms with E-state index < -0.39 is 0 Å². The van der Waals surface area contributed by atoms with Gasteiger partial charge >= 0.3 is 0 Å². The van der Waals surface area contributed by atoms with Crippen molar-refractivity contribution in [1.82, 2.24) is 14.8 Å². The zero-order chi connectivity index (χ0) is 17.1. The molecule has 0 atom stereocenters. The average molecular weight is 381 g/mol. The smallest absolute Gasteiger partial charge is 0.292 e. The number of benzene rings is 1. The molecular weight excluding hydrogens is 367 g/mol. The minimum Gasteiger partial charge on any atom is -0.382 e. The van der Waals surface area contributed by atoms with Crippen LogP contribution < -0.4 is 10.9 Å². The summed E-state index contributed by atoms with van der Waals surface area (Å²) in [6.07, 6.45) is 4.16. The van der Waals surface area contributed by atoms with Crippen molar-refractivity contribution < 1.29 is 0 Å². The lowest BCUT2D eigenvalue weighted by Crippen LogP contribution is -2.23. The lowest BCUT2D eigenvalue weighted by molar-refractivity contribution is 0.806. The van der Waals surface area contributed by atoms with E-state index in [1.807, 2.05) is 13.1 Å². The van der Waals surface area contributed by atoms with Gasteiger partial charge in [-0.25, -0.2) is 4.98 Å². The Morgan fingerprint density at radius 3 is 2.62 bits per heavy atom. The monoisotopic (exact) mass is 380 g/mol. The van der Waals surface area contributed by atoms with E-state index in [1.54, 1.807) is 41.8 Å². The van der Waals surface area contributed by atoms with Crippen LogP contribution in [0.15, 0.2) is 41.5 Å². The van der Waals surface area contributed by atoms with Gasteiger partial charge in [0.05, 0.1) is 22.6 Å². The molecule has 0 spiro atoms. The summed E-state index contributed by atoms with van der Waals surface area (Å²) in [5, 5.41) is 9.05. The second-order valence-electron chi connectivity index (χ2n) is 5.11. The molecule has 24 heavy (non-hydrogen) atoms. The number of halogens is 2. The highest BCUT2D eigenvalue weighted by molar-refractivity contribution is 7.11. The van der Waals surface area contributed by atoms with Crippen molar-refractivity contribution in [2.75, 3.05) is 11.9 Å². The van der Waals surface area contributed by atoms with E-state index in [9.17, 15) is 4.79 Å². The van der Waals surface area contributed by atoms with Crippen LogP contribution in [0.25, 0.3) is 5.69 Å². The van der Waals surface area contributed by atoms with Gasteiger partial charge in [-0.15, -0.1) is 11.3 Å². The third-order valence-corrected chi connectivity index (χ3v) is 4.90. The van der Waals surface area contributed by atoms with Gasteiger partial charge in [0, 0.05) is 29.1 Å². The van der Waals surface area contributed by atoms with Crippen molar-refractivity contribution in [2.45, 2.75) is 13.3 Å². The minimum absolute atomic E-state index is 0.107. The zero-order valence-electron chi connectivity index (χ0n) is 12.8. The molecule has 0 bridgehead atoms. The highest BCUT2D eigenvalue weighted by Gasteiger charge is 2.10. The van der Waals surface area contributed by atoms with E-state index >= 15 is 0 Å². The number of rotatable bonds is 5. The maximum absolute atomic E-state index is 12.4. The Morgan fingerprint density at radius 2 is 1.96 bits per heavy atom. The predicted molar refractivity (Wildman–Crippen MR) is 98.9 cm³/mol. The molecule has 0 aliphatic rings. The summed E-state index contributed by atoms with van der Waals surface area (Å²) >= 11 is 13.7. The SMILES string of the molecule is Cc1cnc(CCNc2cnn(-c3ccc(Cl)cc3)c(=O)c2Cl)s1. The molecule has 0 aliphatic heterocycles. The van der Waals surface area contributed by atoms with Gasteiger partial charge in [0.1, 0.15) is 5.02 Å². The second-order valence-corrected chi connectivity index (χ2v) is 7.24. The Bertz CT molecular complexity index is 905. The first-order chi connectivity index (χ1) is 11.5. The molecule has 0 amide bonds. The maximum atomic E-state index is 12.4. The molecule has 0 fully saturated rings. The third-order valence-electron chi connectivity index (χ3n) is 3.31. The molecule has 3 rings (SSSR count). The standard InChI is InChI=1S/C16H14Cl2N4OS/c1-10-8-20-14(24-10)6-7-19-13-9-21-22(16(23)15(13)18)12-4-2-11(17)3-5-12/h2-5,8-9,19H,6-7H2,1H3. The number of hydrogen-bond donors (Lipinski definition) is 1. The van der Waals surface area contributed by atoms with Gasteiger partial charge in [0.2, 0.25) is 0 Å². The largest absolute Gasteiger partial charge is 0.382 e. The predicted octanol–water partition coefficient (Wildman–Crippen LogP) is 3.96. The van der Waals surface area contributed by atoms with Gasteiger partial charge in [0.15, 0.2) is 0 Å². The molecule has 0 radical (unpaired) electrons. The Kier molecular flexibility index (Phi) is 5.18. The van der Waals surface area contributed by atoms with Crippen LogP contribution in [0.4, 0.5) is 5.69 Å². The topological polar surface area (TPSA) is 59.8 Å². The molecule has 8 heteroatoms. The summed E-state index contributed by atoms with van der Waals surface area (Å²) in [5.41, 5.74) is 0.741. The van der Waals surface area contributed by atoms with Crippen LogP contribution in [0.2, 0.25) is 10.0 Å². The summed E-state index contributed by atoms with van der Waals surface area (Å²) in [6, 6.07) is 6.82. The fourth-order valence-corrected chi connectivity index (χ4v) is 3.25. The molecule has 3 aromatic rings. The Balaban J connectivity index is 1.75. The second kappa shape index (κ2) is 7.34. The van der Waals surface area contributed by atoms with Gasteiger partial charge in [-0.2, -0.15) is 9.78 Å². The number of thiazole rings is 1. The van der Waals surface area contributed by atoms with Crippen LogP contribution in [0.5, 0.6) is 0 Å². The van der Waals surface area contributed by atoms with Crippen molar-refractivity contribution in [3.05, 3.63) is 66.9 Å². The first-order valence-electron chi connectivity index (χ1n) is 7.23. The Hall–Kier alpha value is -1.89. The number of nitrogens with zero attached hydrogens (tertiary/aromatic N) is 3. The van der Waals surface area contributed by atoms with Crippen LogP contribution in [0.3, 0.4) is 0 Å². The highest BCUT2D eigenvalue weighted by Crippen LogP contribution is 2.18. The lowest BCUT2D eigenvalue weighted by atomic mass is 10.3. The number of aromatic nitrogens is 3. The summed E-state index contributed by atoms with van der Waals surface area (Å²) in [7, 11) is 0. The summed E-state index contributed by atoms with van der Waals surface area (Å²) in [4.78, 5) is 17.9. The highest BCUT2D eigenvalue weighted by atomic mass is 35.5. The van der Waals surface area contributed by atoms with E-state index in [2.05, 4.69) is 15.4 Å². The first-order valence-corrected chi connectivity index (χ1v) is 8.81. The quantitative estimate of drug-likeness (QED) is 0.727. The third kappa shape index (κ3) is 3.77. The number of hydrogen-bond acceptors (Lipinski definition) is 5. The van der Waals surface area contributed by atoms with Crippen LogP contribution in [-0.2, 0) is 6.42 Å². The maximum Gasteiger partial charge on any atom is 0.292 e. The number of nitrogens with one attached hydrogen (secondary N) is 1. The summed E-state index contributed by atoms with van der Waals surface area (Å²) in [6.45, 7) is 2.64. The summed E-state index contributed by atoms with van der Waals surface area (Å²) in [5.74, 6) is 0. The molecule has 0 saturated carbocycles. The summed E-state index contributed by atoms with van der Waals surface area (Å²) < 4.78 is 1.24. The molecule has 0 unspecified atom stereocenters.